The number of aliphatic hydroxyl groups is 1. The van der Waals surface area contributed by atoms with Crippen LogP contribution in [0.2, 0.25) is 0 Å². The van der Waals surface area contributed by atoms with E-state index in [-0.39, 0.29) is 11.3 Å². The number of aliphatic hydroxyl groups excluding tert-OH is 1. The maximum atomic E-state index is 13.5. The molecule has 2 aromatic carbocycles. The standard InChI is InChI=1S/C32H42N2O7/c1-5-7-17-41-25-11-10-24(20-22(25)3)30(35)28-29(23-9-12-26(40-6-2)27(21-23)38-4)34(32(37)31(28)36)14-8-13-33-15-18-39-19-16-33/h9-12,20-21,29,35H,5-8,13-19H2,1-4H3/t29-/m0/s1. The fourth-order valence-corrected chi connectivity index (χ4v) is 5.32. The number of unbranched alkanes of at least 4 members (excludes halogenated alkanes) is 1. The molecule has 1 atom stereocenters. The van der Waals surface area contributed by atoms with Crippen LogP contribution in [-0.4, -0.2) is 86.3 Å². The molecule has 9 nitrogen and oxygen atoms in total. The van der Waals surface area contributed by atoms with E-state index < -0.39 is 17.7 Å². The lowest BCUT2D eigenvalue weighted by Gasteiger charge is -2.29. The number of ketones is 1. The van der Waals surface area contributed by atoms with Gasteiger partial charge in [-0.05, 0) is 68.1 Å². The highest BCUT2D eigenvalue weighted by Crippen LogP contribution is 2.42. The van der Waals surface area contributed by atoms with Crippen molar-refractivity contribution >= 4 is 17.4 Å². The number of aryl methyl sites for hydroxylation is 1. The molecule has 1 N–H and O–H groups in total. The Hall–Kier alpha value is -3.56. The van der Waals surface area contributed by atoms with Crippen LogP contribution in [0, 0.1) is 6.92 Å². The van der Waals surface area contributed by atoms with Crippen molar-refractivity contribution in [3.8, 4) is 17.2 Å². The van der Waals surface area contributed by atoms with Crippen molar-refractivity contribution in [3.05, 3.63) is 58.7 Å². The Kier molecular flexibility index (Phi) is 10.7. The molecule has 0 radical (unpaired) electrons. The Morgan fingerprint density at radius 2 is 1.73 bits per heavy atom. The molecule has 2 fully saturated rings. The predicted octanol–water partition coefficient (Wildman–Crippen LogP) is 4.73. The van der Waals surface area contributed by atoms with Gasteiger partial charge in [-0.3, -0.25) is 14.5 Å². The van der Waals surface area contributed by atoms with Crippen LogP contribution in [-0.2, 0) is 14.3 Å². The van der Waals surface area contributed by atoms with Crippen molar-refractivity contribution < 1.29 is 33.6 Å². The molecule has 0 aliphatic carbocycles. The molecular formula is C32H42N2O7. The van der Waals surface area contributed by atoms with Crippen LogP contribution in [0.4, 0.5) is 0 Å². The van der Waals surface area contributed by atoms with E-state index >= 15 is 0 Å². The normalized spacial score (nSPS) is 19.0. The van der Waals surface area contributed by atoms with E-state index in [9.17, 15) is 14.7 Å². The minimum Gasteiger partial charge on any atom is -0.507 e. The van der Waals surface area contributed by atoms with Gasteiger partial charge in [0.25, 0.3) is 11.7 Å². The number of ether oxygens (including phenoxy) is 4. The fraction of sp³-hybridized carbons (Fsp3) is 0.500. The first-order chi connectivity index (χ1) is 19.9. The van der Waals surface area contributed by atoms with Crippen LogP contribution in [0.25, 0.3) is 5.76 Å². The zero-order valence-corrected chi connectivity index (χ0v) is 24.6. The summed E-state index contributed by atoms with van der Waals surface area (Å²) in [4.78, 5) is 30.8. The van der Waals surface area contributed by atoms with Gasteiger partial charge in [0, 0.05) is 31.7 Å². The molecule has 4 rings (SSSR count). The van der Waals surface area contributed by atoms with Crippen LogP contribution >= 0.6 is 0 Å². The van der Waals surface area contributed by atoms with Crippen molar-refractivity contribution in [2.24, 2.45) is 0 Å². The smallest absolute Gasteiger partial charge is 0.295 e. The van der Waals surface area contributed by atoms with Crippen molar-refractivity contribution in [1.29, 1.82) is 0 Å². The summed E-state index contributed by atoms with van der Waals surface area (Å²) in [6, 6.07) is 9.92. The zero-order valence-electron chi connectivity index (χ0n) is 24.6. The molecule has 2 aliphatic heterocycles. The van der Waals surface area contributed by atoms with Gasteiger partial charge in [-0.15, -0.1) is 0 Å². The van der Waals surface area contributed by atoms with Gasteiger partial charge in [-0.2, -0.15) is 0 Å². The van der Waals surface area contributed by atoms with Crippen molar-refractivity contribution in [2.75, 3.05) is 59.7 Å². The minimum atomic E-state index is -0.773. The van der Waals surface area contributed by atoms with Crippen LogP contribution < -0.4 is 14.2 Å². The van der Waals surface area contributed by atoms with Crippen molar-refractivity contribution in [1.82, 2.24) is 9.80 Å². The average Bonchev–Trinajstić information content (AvgIpc) is 3.23. The van der Waals surface area contributed by atoms with Gasteiger partial charge in [-0.1, -0.05) is 19.4 Å². The number of rotatable bonds is 13. The molecule has 1 amide bonds. The third-order valence-corrected chi connectivity index (χ3v) is 7.52. The van der Waals surface area contributed by atoms with E-state index in [4.69, 9.17) is 18.9 Å². The van der Waals surface area contributed by atoms with E-state index in [2.05, 4.69) is 11.8 Å². The molecule has 9 heteroatoms. The predicted molar refractivity (Wildman–Crippen MR) is 157 cm³/mol. The van der Waals surface area contributed by atoms with Crippen LogP contribution in [0.15, 0.2) is 42.0 Å². The lowest BCUT2D eigenvalue weighted by molar-refractivity contribution is -0.140. The van der Waals surface area contributed by atoms with Gasteiger partial charge >= 0.3 is 0 Å². The SMILES string of the molecule is CCCCOc1ccc(C(O)=C2C(=O)C(=O)N(CCCN3CCOCC3)[C@H]2c2ccc(OCC)c(OC)c2)cc1C. The number of nitrogens with zero attached hydrogens (tertiary/aromatic N) is 2. The molecular weight excluding hydrogens is 524 g/mol. The Labute approximate surface area is 242 Å². The van der Waals surface area contributed by atoms with Gasteiger partial charge in [0.1, 0.15) is 11.5 Å². The Bertz CT molecular complexity index is 1250. The molecule has 2 aliphatic rings. The van der Waals surface area contributed by atoms with Gasteiger partial charge in [0.05, 0.1) is 45.2 Å². The highest BCUT2D eigenvalue weighted by atomic mass is 16.5. The second-order valence-corrected chi connectivity index (χ2v) is 10.3. The summed E-state index contributed by atoms with van der Waals surface area (Å²) in [5.74, 6) is 0.256. The zero-order chi connectivity index (χ0) is 29.4. The van der Waals surface area contributed by atoms with E-state index in [0.717, 1.165) is 43.8 Å². The van der Waals surface area contributed by atoms with Gasteiger partial charge in [0.15, 0.2) is 11.5 Å². The number of methoxy groups -OCH3 is 1. The topological polar surface area (TPSA) is 97.8 Å². The first kappa shape index (κ1) is 30.4. The Morgan fingerprint density at radius 3 is 2.41 bits per heavy atom. The average molecular weight is 567 g/mol. The molecule has 0 bridgehead atoms. The number of morpholine rings is 1. The number of amides is 1. The molecule has 222 valence electrons. The third-order valence-electron chi connectivity index (χ3n) is 7.52. The first-order valence-electron chi connectivity index (χ1n) is 14.5. The molecule has 0 aromatic heterocycles. The first-order valence-corrected chi connectivity index (χ1v) is 14.5. The van der Waals surface area contributed by atoms with Gasteiger partial charge < -0.3 is 29.0 Å². The van der Waals surface area contributed by atoms with Gasteiger partial charge in [0.2, 0.25) is 0 Å². The quantitative estimate of drug-likeness (QED) is 0.161. The monoisotopic (exact) mass is 566 g/mol. The highest BCUT2D eigenvalue weighted by Gasteiger charge is 2.46. The molecule has 0 spiro atoms. The molecule has 2 heterocycles. The van der Waals surface area contributed by atoms with Crippen molar-refractivity contribution in [3.63, 3.8) is 0 Å². The molecule has 0 unspecified atom stereocenters. The Balaban J connectivity index is 1.70. The van der Waals surface area contributed by atoms with Crippen molar-refractivity contribution in [2.45, 2.75) is 46.1 Å². The maximum absolute atomic E-state index is 13.5. The number of likely N-dealkylation sites (tertiary alicyclic amines) is 1. The summed E-state index contributed by atoms with van der Waals surface area (Å²) in [5.41, 5.74) is 2.02. The van der Waals surface area contributed by atoms with E-state index in [1.54, 1.807) is 42.3 Å². The number of hydrogen-bond acceptors (Lipinski definition) is 8. The fourth-order valence-electron chi connectivity index (χ4n) is 5.32. The highest BCUT2D eigenvalue weighted by molar-refractivity contribution is 6.46. The number of benzene rings is 2. The van der Waals surface area contributed by atoms with E-state index in [1.165, 1.54) is 0 Å². The second-order valence-electron chi connectivity index (χ2n) is 10.3. The summed E-state index contributed by atoms with van der Waals surface area (Å²) in [6.07, 6.45) is 2.66. The number of hydrogen-bond donors (Lipinski definition) is 1. The molecule has 0 saturated carbocycles. The largest absolute Gasteiger partial charge is 0.507 e. The minimum absolute atomic E-state index is 0.0617. The number of carbonyl (C=O) groups is 2. The summed E-state index contributed by atoms with van der Waals surface area (Å²) in [5, 5.41) is 11.5. The molecule has 41 heavy (non-hydrogen) atoms. The van der Waals surface area contributed by atoms with E-state index in [0.29, 0.717) is 62.0 Å². The maximum Gasteiger partial charge on any atom is 0.295 e. The van der Waals surface area contributed by atoms with Crippen LogP contribution in [0.3, 0.4) is 0 Å². The van der Waals surface area contributed by atoms with E-state index in [1.807, 2.05) is 19.9 Å². The summed E-state index contributed by atoms with van der Waals surface area (Å²) in [7, 11) is 1.55. The summed E-state index contributed by atoms with van der Waals surface area (Å²) >= 11 is 0. The van der Waals surface area contributed by atoms with Crippen LogP contribution in [0.5, 0.6) is 17.2 Å². The molecule has 2 aromatic rings. The Morgan fingerprint density at radius 1 is 0.976 bits per heavy atom. The van der Waals surface area contributed by atoms with Crippen LogP contribution in [0.1, 0.15) is 55.8 Å². The number of carbonyl (C=O) groups excluding carboxylic acids is 2. The lowest BCUT2D eigenvalue weighted by Crippen LogP contribution is -2.39. The molecule has 2 saturated heterocycles. The summed E-state index contributed by atoms with van der Waals surface area (Å²) < 4.78 is 22.6. The third kappa shape index (κ3) is 7.02. The lowest BCUT2D eigenvalue weighted by atomic mass is 9.94. The van der Waals surface area contributed by atoms with Gasteiger partial charge in [-0.25, -0.2) is 0 Å². The number of Topliss-reactive ketones (excluding diaryl/α,β-unsaturated/α-hetero) is 1. The second kappa shape index (κ2) is 14.4. The summed E-state index contributed by atoms with van der Waals surface area (Å²) in [6.45, 7) is 11.2.